The molecule has 4 bridgehead atoms. The van der Waals surface area contributed by atoms with Crippen molar-refractivity contribution in [2.75, 3.05) is 26.4 Å². The van der Waals surface area contributed by atoms with Gasteiger partial charge in [0.15, 0.2) is 11.4 Å². The van der Waals surface area contributed by atoms with Crippen LogP contribution in [0.4, 0.5) is 0 Å². The molecule has 0 amide bonds. The molecule has 44 heavy (non-hydrogen) atoms. The number of rotatable bonds is 17. The molecule has 4 unspecified atom stereocenters. The third-order valence-electron chi connectivity index (χ3n) is 11.5. The predicted octanol–water partition coefficient (Wildman–Crippen LogP) is 2.44. The van der Waals surface area contributed by atoms with Crippen molar-refractivity contribution in [2.24, 2.45) is 5.92 Å². The zero-order valence-corrected chi connectivity index (χ0v) is 27.6. The van der Waals surface area contributed by atoms with Crippen LogP contribution < -0.4 is 0 Å². The van der Waals surface area contributed by atoms with E-state index in [1.807, 2.05) is 0 Å². The molecule has 10 atom stereocenters. The molecule has 0 spiro atoms. The molecule has 5 aliphatic rings. The Morgan fingerprint density at radius 1 is 0.773 bits per heavy atom. The van der Waals surface area contributed by atoms with Gasteiger partial charge in [-0.25, -0.2) is 0 Å². The van der Waals surface area contributed by atoms with E-state index >= 15 is 0 Å². The Balaban J connectivity index is 1.30. The van der Waals surface area contributed by atoms with Crippen molar-refractivity contribution in [3.63, 3.8) is 0 Å². The van der Waals surface area contributed by atoms with Crippen molar-refractivity contribution in [2.45, 2.75) is 164 Å². The van der Waals surface area contributed by atoms with Crippen molar-refractivity contribution in [1.29, 1.82) is 0 Å². The van der Waals surface area contributed by atoms with Crippen LogP contribution in [0.5, 0.6) is 0 Å². The monoisotopic (exact) mass is 632 g/mol. The largest absolute Gasteiger partial charge is 0.460 e. The lowest BCUT2D eigenvalue weighted by molar-refractivity contribution is -0.574. The molecule has 0 aromatic rings. The minimum Gasteiger partial charge on any atom is -0.460 e. The van der Waals surface area contributed by atoms with Crippen molar-refractivity contribution in [3.8, 4) is 0 Å². The Morgan fingerprint density at radius 3 is 1.93 bits per heavy atom. The van der Waals surface area contributed by atoms with Gasteiger partial charge in [-0.05, 0) is 48.0 Å². The number of ether oxygens (including phenoxy) is 6. The fourth-order valence-electron chi connectivity index (χ4n) is 7.50. The highest BCUT2D eigenvalue weighted by Gasteiger charge is 2.84. The fourth-order valence-corrected chi connectivity index (χ4v) is 7.50. The third kappa shape index (κ3) is 5.35. The second-order valence-corrected chi connectivity index (χ2v) is 14.4. The summed E-state index contributed by atoms with van der Waals surface area (Å²) in [5.74, 6) is -6.35. The van der Waals surface area contributed by atoms with E-state index in [4.69, 9.17) is 28.4 Å². The molecule has 0 saturated carbocycles. The summed E-state index contributed by atoms with van der Waals surface area (Å²) < 4.78 is 35.0. The van der Waals surface area contributed by atoms with E-state index in [0.29, 0.717) is 6.42 Å². The van der Waals surface area contributed by atoms with Crippen molar-refractivity contribution >= 4 is 5.97 Å². The third-order valence-corrected chi connectivity index (χ3v) is 11.5. The maximum Gasteiger partial charge on any atom is 0.305 e. The average molecular weight is 633 g/mol. The first-order valence-electron chi connectivity index (χ1n) is 16.3. The average Bonchev–Trinajstić information content (AvgIpc) is 2.93. The number of fused-ring (bicyclic) bond motifs is 4. The summed E-state index contributed by atoms with van der Waals surface area (Å²) in [7, 11) is 0. The summed E-state index contributed by atoms with van der Waals surface area (Å²) >= 11 is 0. The lowest BCUT2D eigenvalue weighted by atomic mass is 9.60. The number of hydrogen-bond donors (Lipinski definition) is 5. The molecular weight excluding hydrogens is 576 g/mol. The van der Waals surface area contributed by atoms with E-state index in [0.717, 1.165) is 19.3 Å². The Bertz CT molecular complexity index is 1030. The van der Waals surface area contributed by atoms with Gasteiger partial charge in [0.1, 0.15) is 35.1 Å². The summed E-state index contributed by atoms with van der Waals surface area (Å²) in [6.45, 7) is 9.88. The molecule has 5 aliphatic heterocycles. The quantitative estimate of drug-likeness (QED) is 0.117. The summed E-state index contributed by atoms with van der Waals surface area (Å²) in [5, 5.41) is 54.8. The van der Waals surface area contributed by atoms with Gasteiger partial charge in [0.25, 0.3) is 0 Å². The zero-order chi connectivity index (χ0) is 32.9. The molecule has 12 heteroatoms. The van der Waals surface area contributed by atoms with Crippen LogP contribution in [0.1, 0.15) is 113 Å². The Hall–Kier alpha value is -0.930. The lowest BCUT2D eigenvalue weighted by Gasteiger charge is -2.73. The van der Waals surface area contributed by atoms with Gasteiger partial charge in [-0.2, -0.15) is 0 Å². The van der Waals surface area contributed by atoms with Gasteiger partial charge in [0.2, 0.25) is 11.6 Å². The highest BCUT2D eigenvalue weighted by molar-refractivity contribution is 5.69. The van der Waals surface area contributed by atoms with E-state index in [1.54, 1.807) is 13.8 Å². The molecule has 12 nitrogen and oxygen atoms in total. The molecule has 256 valence electrons. The Kier molecular flexibility index (Phi) is 10.0. The summed E-state index contributed by atoms with van der Waals surface area (Å²) in [6.07, 6.45) is 9.42. The minimum atomic E-state index is -1.98. The molecule has 5 saturated heterocycles. The number of carbonyl (C=O) groups is 1. The standard InChI is InChI=1S/C32H56O12/c1-8-9-10-11-12-13-14-15-16-17-24(34)40-21-32-28(5,37)29(6,43-32)25(2,35)23(41-32)19-39-18-22-26(3)27(4,36)30(7,38)44-31(22,20-33)42-26/h22-23,33,35-38H,8-21H2,1-7H3/t22-,23+,25?,26-,27?,28-,29+,30-,31?,32?/m1/s1. The normalized spacial score (nSPS) is 47.5. The number of hydrogen-bond acceptors (Lipinski definition) is 12. The van der Waals surface area contributed by atoms with Crippen molar-refractivity contribution in [1.82, 2.24) is 0 Å². The first-order chi connectivity index (χ1) is 20.3. The maximum absolute atomic E-state index is 12.5. The SMILES string of the molecule is CCCCCCCCCCCC(=O)OCC12O[C@@H](COC[C@H]3C4(CO)O[C@@](C)(O)C(C)(O)[C@]3(C)O4)C(C)(O)[C@](C)(O1)[C@@]2(C)O. The van der Waals surface area contributed by atoms with Gasteiger partial charge < -0.3 is 54.0 Å². The van der Waals surface area contributed by atoms with Crippen LogP contribution in [-0.4, -0.2) is 109 Å². The van der Waals surface area contributed by atoms with E-state index in [-0.39, 0.29) is 26.2 Å². The fraction of sp³-hybridized carbons (Fsp3) is 0.969. The molecule has 0 aromatic heterocycles. The second kappa shape index (κ2) is 12.3. The summed E-state index contributed by atoms with van der Waals surface area (Å²) in [4.78, 5) is 12.5. The van der Waals surface area contributed by atoms with Gasteiger partial charge in [0, 0.05) is 6.42 Å². The predicted molar refractivity (Wildman–Crippen MR) is 157 cm³/mol. The number of aliphatic hydroxyl groups excluding tert-OH is 1. The van der Waals surface area contributed by atoms with Crippen LogP contribution in [-0.2, 0) is 33.2 Å². The number of aliphatic hydroxyl groups is 5. The highest BCUT2D eigenvalue weighted by atomic mass is 16.8. The van der Waals surface area contributed by atoms with Gasteiger partial charge in [-0.3, -0.25) is 4.79 Å². The molecule has 5 rings (SSSR count). The first-order valence-corrected chi connectivity index (χ1v) is 16.3. The van der Waals surface area contributed by atoms with Crippen LogP contribution in [0.3, 0.4) is 0 Å². The van der Waals surface area contributed by atoms with Gasteiger partial charge in [-0.1, -0.05) is 58.3 Å². The van der Waals surface area contributed by atoms with E-state index in [2.05, 4.69) is 6.92 Å². The van der Waals surface area contributed by atoms with Crippen LogP contribution >= 0.6 is 0 Å². The Morgan fingerprint density at radius 2 is 1.36 bits per heavy atom. The first kappa shape index (κ1) is 35.9. The number of unbranched alkanes of at least 4 members (excludes halogenated alkanes) is 8. The van der Waals surface area contributed by atoms with Crippen molar-refractivity contribution in [3.05, 3.63) is 0 Å². The maximum atomic E-state index is 12.5. The van der Waals surface area contributed by atoms with Crippen LogP contribution in [0.25, 0.3) is 0 Å². The van der Waals surface area contributed by atoms with Crippen LogP contribution in [0.2, 0.25) is 0 Å². The molecule has 5 fully saturated rings. The lowest BCUT2D eigenvalue weighted by Crippen LogP contribution is -2.93. The second-order valence-electron chi connectivity index (χ2n) is 14.4. The molecule has 5 heterocycles. The van der Waals surface area contributed by atoms with Crippen molar-refractivity contribution < 1.29 is 58.7 Å². The van der Waals surface area contributed by atoms with Gasteiger partial charge in [0.05, 0.1) is 25.7 Å². The van der Waals surface area contributed by atoms with E-state index in [9.17, 15) is 30.3 Å². The molecular formula is C32H56O12. The topological polar surface area (TPSA) is 174 Å². The summed E-state index contributed by atoms with van der Waals surface area (Å²) in [6, 6.07) is 0. The van der Waals surface area contributed by atoms with E-state index in [1.165, 1.54) is 59.8 Å². The van der Waals surface area contributed by atoms with E-state index < -0.39 is 70.0 Å². The number of esters is 1. The highest BCUT2D eigenvalue weighted by Crippen LogP contribution is 2.63. The minimum absolute atomic E-state index is 0.0755. The van der Waals surface area contributed by atoms with Crippen LogP contribution in [0.15, 0.2) is 0 Å². The molecule has 0 radical (unpaired) electrons. The van der Waals surface area contributed by atoms with Gasteiger partial charge >= 0.3 is 5.97 Å². The Labute approximate surface area is 261 Å². The van der Waals surface area contributed by atoms with Gasteiger partial charge in [-0.15, -0.1) is 0 Å². The molecule has 5 N–H and O–H groups in total. The van der Waals surface area contributed by atoms with Crippen LogP contribution in [0, 0.1) is 5.92 Å². The molecule has 0 aromatic carbocycles. The summed E-state index contributed by atoms with van der Waals surface area (Å²) in [5.41, 5.74) is -8.01. The number of carbonyl (C=O) groups excluding carboxylic acids is 1. The molecule has 0 aliphatic carbocycles. The smallest absolute Gasteiger partial charge is 0.305 e. The zero-order valence-electron chi connectivity index (χ0n) is 27.6.